The largest absolute Gasteiger partial charge is 0.309 e. The van der Waals surface area contributed by atoms with Gasteiger partial charge in [0.05, 0.1) is 30.3 Å². The number of para-hydroxylation sites is 1. The van der Waals surface area contributed by atoms with Crippen molar-refractivity contribution in [1.82, 2.24) is 9.13 Å². The zero-order valence-corrected chi connectivity index (χ0v) is 30.2. The topological polar surface area (TPSA) is 9.86 Å². The summed E-state index contributed by atoms with van der Waals surface area (Å²) in [4.78, 5) is 0. The molecule has 56 heavy (non-hydrogen) atoms. The Kier molecular flexibility index (Phi) is 6.20. The lowest BCUT2D eigenvalue weighted by molar-refractivity contribution is 1.18. The maximum atomic E-state index is 10.1. The molecule has 0 saturated heterocycles. The minimum Gasteiger partial charge on any atom is -0.309 e. The Morgan fingerprint density at radius 2 is 0.768 bits per heavy atom. The Morgan fingerprint density at radius 3 is 1.39 bits per heavy atom. The maximum absolute atomic E-state index is 10.1. The van der Waals surface area contributed by atoms with E-state index in [1.54, 1.807) is 0 Å². The fraction of sp³-hybridized carbons (Fsp3) is 0. The van der Waals surface area contributed by atoms with E-state index in [1.807, 2.05) is 167 Å². The molecule has 2 heteroatoms. The summed E-state index contributed by atoms with van der Waals surface area (Å²) in [5, 5.41) is 2.36. The summed E-state index contributed by atoms with van der Waals surface area (Å²) in [5.41, 5.74) is 9.73. The third-order valence-corrected chi connectivity index (χ3v) is 10.7. The molecule has 11 rings (SSSR count). The van der Waals surface area contributed by atoms with Gasteiger partial charge in [-0.15, -0.1) is 0 Å². The number of nitrogens with zero attached hydrogens (tertiary/aromatic N) is 2. The van der Waals surface area contributed by atoms with Gasteiger partial charge in [-0.1, -0.05) is 158 Å². The molecule has 0 unspecified atom stereocenters. The van der Waals surface area contributed by atoms with Crippen molar-refractivity contribution in [2.24, 2.45) is 0 Å². The molecule has 0 saturated carbocycles. The van der Waals surface area contributed by atoms with Crippen molar-refractivity contribution < 1.29 is 8.22 Å². The van der Waals surface area contributed by atoms with Crippen molar-refractivity contribution in [2.75, 3.05) is 0 Å². The van der Waals surface area contributed by atoms with Gasteiger partial charge in [-0.3, -0.25) is 0 Å². The predicted octanol–water partition coefficient (Wildman–Crippen LogP) is 14.5. The average Bonchev–Trinajstić information content (AvgIpc) is 3.87. The number of hydrogen-bond donors (Lipinski definition) is 0. The molecular weight excluding hydrogens is 677 g/mol. The highest BCUT2D eigenvalue weighted by Gasteiger charge is 2.19. The van der Waals surface area contributed by atoms with Gasteiger partial charge >= 0.3 is 0 Å². The molecule has 0 bridgehead atoms. The highest BCUT2D eigenvalue weighted by Crippen LogP contribution is 2.42. The molecule has 0 aliphatic rings. The van der Waals surface area contributed by atoms with Crippen molar-refractivity contribution in [3.63, 3.8) is 0 Å². The van der Waals surface area contributed by atoms with E-state index < -0.39 is 0 Å². The van der Waals surface area contributed by atoms with Gasteiger partial charge in [0, 0.05) is 32.9 Å². The van der Waals surface area contributed by atoms with E-state index in [1.165, 1.54) is 0 Å². The smallest absolute Gasteiger partial charge is 0.0645 e. The maximum Gasteiger partial charge on any atom is 0.0645 e. The van der Waals surface area contributed by atoms with E-state index in [0.717, 1.165) is 66.6 Å². The molecule has 2 heterocycles. The minimum atomic E-state index is -0.271. The first kappa shape index (κ1) is 26.4. The zero-order valence-electron chi connectivity index (χ0n) is 36.2. The van der Waals surface area contributed by atoms with Gasteiger partial charge in [0.2, 0.25) is 0 Å². The molecule has 0 aliphatic heterocycles. The molecule has 262 valence electrons. The molecule has 9 aromatic carbocycles. The van der Waals surface area contributed by atoms with E-state index in [0.29, 0.717) is 21.8 Å². The molecule has 0 amide bonds. The van der Waals surface area contributed by atoms with Crippen LogP contribution in [0.25, 0.3) is 99.5 Å². The first-order chi connectivity index (χ1) is 30.3. The number of fused-ring (bicyclic) bond motifs is 6. The van der Waals surface area contributed by atoms with Crippen molar-refractivity contribution in [2.45, 2.75) is 0 Å². The van der Waals surface area contributed by atoms with Crippen LogP contribution in [0.2, 0.25) is 0 Å². The first-order valence-corrected chi connectivity index (χ1v) is 18.8. The lowest BCUT2D eigenvalue weighted by Crippen LogP contribution is -1.94. The quantitative estimate of drug-likeness (QED) is 0.162. The molecule has 11 aromatic rings. The third-order valence-electron chi connectivity index (χ3n) is 10.7. The first-order valence-electron chi connectivity index (χ1n) is 21.8. The Bertz CT molecular complexity index is 3580. The summed E-state index contributed by atoms with van der Waals surface area (Å²) in [6, 6.07) is 59.0. The summed E-state index contributed by atoms with van der Waals surface area (Å²) in [6.07, 6.45) is 0. The molecule has 0 N–H and O–H groups in total. The summed E-state index contributed by atoms with van der Waals surface area (Å²) < 4.78 is 62.9. The van der Waals surface area contributed by atoms with Crippen molar-refractivity contribution in [3.8, 4) is 55.9 Å². The van der Waals surface area contributed by atoms with Gasteiger partial charge in [-0.2, -0.15) is 0 Å². The normalized spacial score (nSPS) is 13.1. The van der Waals surface area contributed by atoms with Crippen molar-refractivity contribution in [3.05, 3.63) is 218 Å². The van der Waals surface area contributed by atoms with Crippen LogP contribution in [0.1, 0.15) is 8.22 Å². The van der Waals surface area contributed by atoms with Crippen LogP contribution in [0.4, 0.5) is 0 Å². The Morgan fingerprint density at radius 1 is 0.304 bits per heavy atom. The van der Waals surface area contributed by atoms with Crippen LogP contribution in [0.5, 0.6) is 0 Å². The summed E-state index contributed by atoms with van der Waals surface area (Å²) in [6.45, 7) is 0. The number of aromatic nitrogens is 2. The summed E-state index contributed by atoms with van der Waals surface area (Å²) in [7, 11) is 0. The van der Waals surface area contributed by atoms with Crippen LogP contribution in [-0.4, -0.2) is 9.13 Å². The number of hydrogen-bond acceptors (Lipinski definition) is 0. The van der Waals surface area contributed by atoms with Gasteiger partial charge in [-0.05, 0) is 105 Å². The number of benzene rings is 9. The zero-order chi connectivity index (χ0) is 42.2. The van der Waals surface area contributed by atoms with E-state index in [2.05, 4.69) is 24.3 Å². The molecular formula is C54H36N2. The van der Waals surface area contributed by atoms with Gasteiger partial charge < -0.3 is 9.13 Å². The molecule has 0 atom stereocenters. The van der Waals surface area contributed by atoms with Crippen LogP contribution >= 0.6 is 0 Å². The predicted molar refractivity (Wildman–Crippen MR) is 237 cm³/mol. The molecule has 2 nitrogen and oxygen atoms in total. The minimum absolute atomic E-state index is 0.00185. The van der Waals surface area contributed by atoms with Crippen LogP contribution in [0.3, 0.4) is 0 Å². The molecule has 0 radical (unpaired) electrons. The van der Waals surface area contributed by atoms with Gasteiger partial charge in [0.25, 0.3) is 0 Å². The fourth-order valence-corrected chi connectivity index (χ4v) is 8.18. The lowest BCUT2D eigenvalue weighted by Gasteiger charge is -2.11. The van der Waals surface area contributed by atoms with Crippen LogP contribution < -0.4 is 0 Å². The summed E-state index contributed by atoms with van der Waals surface area (Å²) in [5.74, 6) is 0. The second-order valence-corrected chi connectivity index (χ2v) is 14.0. The van der Waals surface area contributed by atoms with E-state index >= 15 is 0 Å². The Hall–Kier alpha value is -7.42. The van der Waals surface area contributed by atoms with E-state index in [4.69, 9.17) is 0 Å². The van der Waals surface area contributed by atoms with Crippen LogP contribution in [-0.2, 0) is 0 Å². The van der Waals surface area contributed by atoms with Gasteiger partial charge in [0.1, 0.15) is 0 Å². The monoisotopic (exact) mass is 718 g/mol. The fourth-order valence-electron chi connectivity index (χ4n) is 8.18. The lowest BCUT2D eigenvalue weighted by atomic mass is 9.97. The SMILES string of the molecule is [2H]c1c(-c2c([2H])c([2H])c3c(c2[2H])c2c(-c4ccccc4)cccc2n3-c2cccc(-c3ccccc3)c2)c([2H])c2c3ccccc3n(-c3cccc(-c4ccccc4)c3)c2c1[2H]. The highest BCUT2D eigenvalue weighted by molar-refractivity contribution is 6.17. The molecule has 0 aliphatic carbocycles. The van der Waals surface area contributed by atoms with E-state index in [-0.39, 0.29) is 47.4 Å². The van der Waals surface area contributed by atoms with Crippen LogP contribution in [0.15, 0.2) is 218 Å². The second kappa shape index (κ2) is 13.2. The van der Waals surface area contributed by atoms with Gasteiger partial charge in [0.15, 0.2) is 0 Å². The standard InChI is InChI=1S/C54H36N2/c1-4-15-37(16-5-1)40-21-12-23-44(33-40)55-50-27-11-10-25-47(50)48-35-42(29-31-51(48)55)43-30-32-52-49(36-43)54-46(39-19-8-3-9-20-39)26-14-28-53(54)56(52)45-24-13-22-41(34-45)38-17-6-2-7-18-38/h1-36H/i29D,30D,31D,32D,35D,36D. The molecule has 0 fully saturated rings. The van der Waals surface area contributed by atoms with Crippen molar-refractivity contribution in [1.29, 1.82) is 0 Å². The van der Waals surface area contributed by atoms with E-state index in [9.17, 15) is 8.22 Å². The van der Waals surface area contributed by atoms with Crippen LogP contribution in [0, 0.1) is 0 Å². The third kappa shape index (κ3) is 5.26. The Labute approximate surface area is 334 Å². The summed E-state index contributed by atoms with van der Waals surface area (Å²) >= 11 is 0. The molecule has 0 spiro atoms. The van der Waals surface area contributed by atoms with Gasteiger partial charge in [-0.25, -0.2) is 0 Å². The Balaban J connectivity index is 1.23. The second-order valence-electron chi connectivity index (χ2n) is 14.0. The number of rotatable bonds is 6. The molecule has 2 aromatic heterocycles. The highest BCUT2D eigenvalue weighted by atomic mass is 15.0. The van der Waals surface area contributed by atoms with Crippen molar-refractivity contribution >= 4 is 43.6 Å². The average molecular weight is 719 g/mol.